The summed E-state index contributed by atoms with van der Waals surface area (Å²) in [5.74, 6) is 1.60. The fourth-order valence-electron chi connectivity index (χ4n) is 5.35. The molecule has 2 aliphatic rings. The Kier molecular flexibility index (Phi) is 6.16. The normalized spacial score (nSPS) is 24.6. The summed E-state index contributed by atoms with van der Waals surface area (Å²) in [4.78, 5) is 16.9. The van der Waals surface area contributed by atoms with Gasteiger partial charge in [-0.25, -0.2) is 9.97 Å². The molecule has 170 valence electrons. The van der Waals surface area contributed by atoms with E-state index in [-0.39, 0.29) is 0 Å². The van der Waals surface area contributed by atoms with Crippen molar-refractivity contribution >= 4 is 45.7 Å². The van der Waals surface area contributed by atoms with Gasteiger partial charge in [0, 0.05) is 47.1 Å². The van der Waals surface area contributed by atoms with Gasteiger partial charge in [-0.2, -0.15) is 0 Å². The van der Waals surface area contributed by atoms with Gasteiger partial charge < -0.3 is 20.3 Å². The lowest BCUT2D eigenvalue weighted by Gasteiger charge is -2.41. The summed E-state index contributed by atoms with van der Waals surface area (Å²) in [6.07, 6.45) is 6.27. The molecule has 0 saturated carbocycles. The van der Waals surface area contributed by atoms with Crippen molar-refractivity contribution in [2.45, 2.75) is 44.5 Å². The summed E-state index contributed by atoms with van der Waals surface area (Å²) in [6, 6.07) is 8.14. The summed E-state index contributed by atoms with van der Waals surface area (Å²) < 4.78 is 0. The van der Waals surface area contributed by atoms with Crippen molar-refractivity contribution in [3.05, 3.63) is 46.8 Å². The minimum atomic E-state index is -0.603. The van der Waals surface area contributed by atoms with Crippen LogP contribution in [0.5, 0.6) is 0 Å². The highest BCUT2D eigenvalue weighted by atomic mass is 35.5. The molecule has 5 rings (SSSR count). The maximum absolute atomic E-state index is 11.0. The minimum Gasteiger partial charge on any atom is -0.381 e. The van der Waals surface area contributed by atoms with Gasteiger partial charge in [0.25, 0.3) is 0 Å². The van der Waals surface area contributed by atoms with Crippen LogP contribution in [0.1, 0.15) is 26.2 Å². The highest BCUT2D eigenvalue weighted by Crippen LogP contribution is 2.41. The molecule has 2 saturated heterocycles. The fraction of sp³-hybridized carbons (Fsp3) is 0.478. The van der Waals surface area contributed by atoms with Crippen LogP contribution in [0.15, 0.2) is 36.8 Å². The molecule has 9 heteroatoms. The summed E-state index contributed by atoms with van der Waals surface area (Å²) >= 11 is 12.2. The quantitative estimate of drug-likeness (QED) is 0.491. The molecule has 2 aromatic heterocycles. The van der Waals surface area contributed by atoms with Gasteiger partial charge in [0.05, 0.1) is 11.9 Å². The number of halogens is 2. The van der Waals surface area contributed by atoms with E-state index in [4.69, 9.17) is 23.2 Å². The number of aliphatic hydroxyl groups is 1. The number of nitrogens with one attached hydrogen (secondary N) is 2. The zero-order chi connectivity index (χ0) is 22.2. The highest BCUT2D eigenvalue weighted by molar-refractivity contribution is 6.35. The number of aliphatic hydroxyl groups excluding tert-OH is 1. The van der Waals surface area contributed by atoms with Crippen molar-refractivity contribution in [1.82, 2.24) is 19.9 Å². The van der Waals surface area contributed by atoms with Gasteiger partial charge in [0.15, 0.2) is 0 Å². The van der Waals surface area contributed by atoms with Crippen molar-refractivity contribution in [2.75, 3.05) is 29.9 Å². The van der Waals surface area contributed by atoms with Gasteiger partial charge in [0.2, 0.25) is 0 Å². The minimum absolute atomic E-state index is 0.317. The first-order chi connectivity index (χ1) is 15.5. The van der Waals surface area contributed by atoms with Crippen molar-refractivity contribution in [3.63, 3.8) is 0 Å². The second kappa shape index (κ2) is 9.06. The lowest BCUT2D eigenvalue weighted by molar-refractivity contribution is -0.0101. The molecule has 3 aromatic rings. The average Bonchev–Trinajstić information content (AvgIpc) is 3.40. The number of H-pyrrole nitrogens is 1. The monoisotopic (exact) mass is 474 g/mol. The van der Waals surface area contributed by atoms with Crippen LogP contribution in [-0.2, 0) is 0 Å². The lowest BCUT2D eigenvalue weighted by atomic mass is 9.91. The van der Waals surface area contributed by atoms with Gasteiger partial charge in [0.1, 0.15) is 24.0 Å². The zero-order valence-corrected chi connectivity index (χ0v) is 19.5. The highest BCUT2D eigenvalue weighted by Gasteiger charge is 2.45. The molecule has 4 atom stereocenters. The molecule has 4 heterocycles. The third-order valence-corrected chi connectivity index (χ3v) is 7.34. The summed E-state index contributed by atoms with van der Waals surface area (Å²) in [7, 11) is 0. The summed E-state index contributed by atoms with van der Waals surface area (Å²) in [5.41, 5.74) is 1.67. The topological polar surface area (TPSA) is 80.3 Å². The third-order valence-electron chi connectivity index (χ3n) is 6.90. The molecule has 32 heavy (non-hydrogen) atoms. The number of rotatable bonds is 6. The van der Waals surface area contributed by atoms with Crippen LogP contribution in [0.2, 0.25) is 10.0 Å². The van der Waals surface area contributed by atoms with E-state index in [1.54, 1.807) is 12.4 Å². The molecule has 0 aliphatic carbocycles. The second-order valence-corrected chi connectivity index (χ2v) is 9.65. The molecule has 0 bridgehead atoms. The number of likely N-dealkylation sites (tertiary alicyclic amines) is 1. The number of aromatic amines is 1. The van der Waals surface area contributed by atoms with Gasteiger partial charge in [-0.3, -0.25) is 4.90 Å². The fourth-order valence-corrected chi connectivity index (χ4v) is 5.88. The molecule has 1 aromatic carbocycles. The van der Waals surface area contributed by atoms with Gasteiger partial charge in [-0.15, -0.1) is 0 Å². The van der Waals surface area contributed by atoms with Gasteiger partial charge in [-0.1, -0.05) is 30.1 Å². The molecule has 3 N–H and O–H groups in total. The first-order valence-corrected chi connectivity index (χ1v) is 12.0. The van der Waals surface area contributed by atoms with Crippen molar-refractivity contribution in [1.29, 1.82) is 0 Å². The Labute approximate surface area is 197 Å². The number of hydrogen-bond donors (Lipinski definition) is 3. The number of nitrogens with zero attached hydrogens (tertiary/aromatic N) is 4. The van der Waals surface area contributed by atoms with E-state index in [2.05, 4.69) is 43.1 Å². The van der Waals surface area contributed by atoms with Gasteiger partial charge in [-0.05, 0) is 49.4 Å². The van der Waals surface area contributed by atoms with E-state index in [1.165, 1.54) is 6.42 Å². The number of aromatic nitrogens is 3. The van der Waals surface area contributed by atoms with E-state index >= 15 is 0 Å². The van der Waals surface area contributed by atoms with Crippen LogP contribution in [0.25, 0.3) is 11.0 Å². The lowest BCUT2D eigenvalue weighted by Crippen LogP contribution is -2.54. The van der Waals surface area contributed by atoms with Crippen LogP contribution in [0.4, 0.5) is 11.5 Å². The van der Waals surface area contributed by atoms with E-state index in [0.29, 0.717) is 34.6 Å². The smallest absolute Gasteiger partial charge is 0.142 e. The van der Waals surface area contributed by atoms with Crippen molar-refractivity contribution < 1.29 is 5.11 Å². The van der Waals surface area contributed by atoms with E-state index < -0.39 is 6.23 Å². The Morgan fingerprint density at radius 3 is 2.84 bits per heavy atom. The molecule has 4 unspecified atom stereocenters. The second-order valence-electron chi connectivity index (χ2n) is 8.77. The van der Waals surface area contributed by atoms with Crippen LogP contribution in [0, 0.1) is 5.92 Å². The Hall–Kier alpha value is -2.06. The SMILES string of the molecule is CCC1CC2CCN(C(O)CNc3cc(Cl)cc(Cl)c3)CC2N1c1ncnc2[nH]ccc12. The van der Waals surface area contributed by atoms with Crippen LogP contribution in [0.3, 0.4) is 0 Å². The number of hydrogen-bond acceptors (Lipinski definition) is 6. The molecule has 7 nitrogen and oxygen atoms in total. The molecular weight excluding hydrogens is 447 g/mol. The van der Waals surface area contributed by atoms with E-state index in [1.807, 2.05) is 18.3 Å². The van der Waals surface area contributed by atoms with Gasteiger partial charge >= 0.3 is 0 Å². The maximum atomic E-state index is 11.0. The van der Waals surface area contributed by atoms with E-state index in [9.17, 15) is 5.11 Å². The van der Waals surface area contributed by atoms with Crippen molar-refractivity contribution in [2.24, 2.45) is 5.92 Å². The summed E-state index contributed by atoms with van der Waals surface area (Å²) in [5, 5.41) is 16.4. The molecule has 2 fully saturated rings. The maximum Gasteiger partial charge on any atom is 0.142 e. The summed E-state index contributed by atoms with van der Waals surface area (Å²) in [6.45, 7) is 4.34. The standard InChI is InChI=1S/C23H28Cl2N6O/c1-2-18-7-14-4-6-30(21(32)11-27-17-9-15(24)8-16(25)10-17)12-20(14)31(18)23-19-3-5-26-22(19)28-13-29-23/h3,5,8-10,13-14,18,20-21,27,32H,2,4,6-7,11-12H2,1H3,(H,26,28,29). The average molecular weight is 475 g/mol. The number of fused-ring (bicyclic) bond motifs is 2. The van der Waals surface area contributed by atoms with E-state index in [0.717, 1.165) is 48.5 Å². The van der Waals surface area contributed by atoms with Crippen LogP contribution in [-0.4, -0.2) is 62.9 Å². The largest absolute Gasteiger partial charge is 0.381 e. The Bertz CT molecular complexity index is 1070. The molecule has 0 spiro atoms. The Morgan fingerprint density at radius 1 is 1.25 bits per heavy atom. The molecule has 0 radical (unpaired) electrons. The Morgan fingerprint density at radius 2 is 2.06 bits per heavy atom. The van der Waals surface area contributed by atoms with Crippen LogP contribution < -0.4 is 10.2 Å². The predicted octanol–water partition coefficient (Wildman–Crippen LogP) is 4.37. The first kappa shape index (κ1) is 21.8. The first-order valence-electron chi connectivity index (χ1n) is 11.2. The molecule has 2 aliphatic heterocycles. The predicted molar refractivity (Wildman–Crippen MR) is 129 cm³/mol. The van der Waals surface area contributed by atoms with Crippen molar-refractivity contribution in [3.8, 4) is 0 Å². The number of benzene rings is 1. The Balaban J connectivity index is 1.33. The molecular formula is C23H28Cl2N6O. The van der Waals surface area contributed by atoms with Crippen LogP contribution >= 0.6 is 23.2 Å². The number of piperidine rings is 1. The number of anilines is 2. The third kappa shape index (κ3) is 4.15. The zero-order valence-electron chi connectivity index (χ0n) is 18.0. The molecule has 0 amide bonds.